The lowest BCUT2D eigenvalue weighted by Crippen LogP contribution is -2.52. The predicted molar refractivity (Wildman–Crippen MR) is 260 cm³/mol. The second kappa shape index (κ2) is 24.4. The van der Waals surface area contributed by atoms with Gasteiger partial charge in [-0.3, -0.25) is 4.79 Å². The summed E-state index contributed by atoms with van der Waals surface area (Å²) in [4.78, 5) is 14.4. The SMILES string of the molecule is CC1(C)C(=CC=CC2=[N+](CCCCS(=O)(=O)[O-])c3ccccc3C2(C)C)N(CCCCS(=O)(=O)[O-])c2ccccc21.CCCC[N+](CCCC)(CCCC)CCOC(=O)C(C)(C)CC. The minimum absolute atomic E-state index is 0.0421. The Balaban J connectivity index is 0.000000404. The zero-order chi connectivity index (χ0) is 47.8. The van der Waals surface area contributed by atoms with Crippen LogP contribution in [0.25, 0.3) is 0 Å². The largest absolute Gasteiger partial charge is 0.748 e. The molecule has 360 valence electrons. The van der Waals surface area contributed by atoms with Crippen LogP contribution in [0.3, 0.4) is 0 Å². The quantitative estimate of drug-likeness (QED) is 0.0296. The molecule has 64 heavy (non-hydrogen) atoms. The van der Waals surface area contributed by atoms with Gasteiger partial charge in [-0.25, -0.2) is 16.8 Å². The molecule has 2 heterocycles. The van der Waals surface area contributed by atoms with Crippen LogP contribution in [-0.4, -0.2) is 104 Å². The average molecular weight is 928 g/mol. The number of esters is 1. The minimum Gasteiger partial charge on any atom is -0.748 e. The van der Waals surface area contributed by atoms with Gasteiger partial charge in [0.25, 0.3) is 0 Å². The Morgan fingerprint density at radius 1 is 0.734 bits per heavy atom. The Morgan fingerprint density at radius 2 is 1.27 bits per heavy atom. The normalized spacial score (nSPS) is 16.6. The zero-order valence-electron chi connectivity index (χ0n) is 40.9. The van der Waals surface area contributed by atoms with Crippen molar-refractivity contribution in [3.05, 3.63) is 83.6 Å². The van der Waals surface area contributed by atoms with Crippen molar-refractivity contribution in [3.8, 4) is 0 Å². The number of para-hydroxylation sites is 2. The molecule has 0 amide bonds. The highest BCUT2D eigenvalue weighted by Gasteiger charge is 2.44. The molecule has 0 bridgehead atoms. The van der Waals surface area contributed by atoms with Crippen molar-refractivity contribution in [2.75, 3.05) is 62.3 Å². The van der Waals surface area contributed by atoms with E-state index in [2.05, 4.69) is 100 Å². The van der Waals surface area contributed by atoms with E-state index in [1.165, 1.54) is 69.3 Å². The predicted octanol–water partition coefficient (Wildman–Crippen LogP) is 10.1. The Labute approximate surface area is 388 Å². The number of anilines is 1. The number of carbonyl (C=O) groups is 1. The van der Waals surface area contributed by atoms with Crippen LogP contribution in [0.1, 0.15) is 151 Å². The molecule has 11 nitrogen and oxygen atoms in total. The number of allylic oxidation sites excluding steroid dienone is 4. The molecule has 2 aliphatic heterocycles. The summed E-state index contributed by atoms with van der Waals surface area (Å²) >= 11 is 0. The summed E-state index contributed by atoms with van der Waals surface area (Å²) < 4.78 is 75.7. The average Bonchev–Trinajstić information content (AvgIpc) is 3.59. The van der Waals surface area contributed by atoms with Gasteiger partial charge in [0.2, 0.25) is 5.69 Å². The van der Waals surface area contributed by atoms with Crippen LogP contribution in [-0.2, 0) is 40.6 Å². The van der Waals surface area contributed by atoms with Crippen molar-refractivity contribution < 1.29 is 44.5 Å². The van der Waals surface area contributed by atoms with Gasteiger partial charge >= 0.3 is 5.97 Å². The van der Waals surface area contributed by atoms with Crippen LogP contribution in [0, 0.1) is 5.41 Å². The molecule has 0 fully saturated rings. The van der Waals surface area contributed by atoms with Crippen molar-refractivity contribution in [1.82, 2.24) is 0 Å². The number of fused-ring (bicyclic) bond motifs is 2. The molecule has 2 aliphatic rings. The Morgan fingerprint density at radius 3 is 1.81 bits per heavy atom. The van der Waals surface area contributed by atoms with Gasteiger partial charge in [-0.1, -0.05) is 103 Å². The first-order chi connectivity index (χ1) is 30.0. The summed E-state index contributed by atoms with van der Waals surface area (Å²) in [6, 6.07) is 16.4. The summed E-state index contributed by atoms with van der Waals surface area (Å²) in [6.07, 6.45) is 16.4. The van der Waals surface area contributed by atoms with Gasteiger partial charge in [0.1, 0.15) is 19.7 Å². The summed E-state index contributed by atoms with van der Waals surface area (Å²) in [7, 11) is -8.48. The third-order valence-electron chi connectivity index (χ3n) is 13.4. The molecule has 0 radical (unpaired) electrons. The third kappa shape index (κ3) is 15.6. The number of nitrogens with zero attached hydrogens (tertiary/aromatic N) is 3. The Bertz CT molecular complexity index is 2120. The minimum atomic E-state index is -4.24. The van der Waals surface area contributed by atoms with E-state index in [1.54, 1.807) is 0 Å². The number of hydrogen-bond acceptors (Lipinski definition) is 9. The number of carbonyl (C=O) groups excluding carboxylic acids is 1. The maximum Gasteiger partial charge on any atom is 0.311 e. The molecular formula is C51H81N3O8S2. The van der Waals surface area contributed by atoms with Crippen LogP contribution in [0.15, 0.2) is 72.5 Å². The first-order valence-corrected chi connectivity index (χ1v) is 27.1. The van der Waals surface area contributed by atoms with E-state index >= 15 is 0 Å². The lowest BCUT2D eigenvalue weighted by Gasteiger charge is -2.39. The van der Waals surface area contributed by atoms with Crippen molar-refractivity contribution in [2.24, 2.45) is 5.41 Å². The van der Waals surface area contributed by atoms with E-state index in [4.69, 9.17) is 4.74 Å². The second-order valence-electron chi connectivity index (χ2n) is 19.5. The lowest BCUT2D eigenvalue weighted by atomic mass is 9.81. The van der Waals surface area contributed by atoms with E-state index in [-0.39, 0.29) is 33.7 Å². The fraction of sp³-hybridized carbons (Fsp3) is 0.647. The number of ether oxygens (including phenoxy) is 1. The summed E-state index contributed by atoms with van der Waals surface area (Å²) in [6.45, 7) is 27.9. The molecule has 2 aromatic rings. The van der Waals surface area contributed by atoms with Gasteiger partial charge in [0, 0.05) is 59.0 Å². The molecule has 4 rings (SSSR count). The van der Waals surface area contributed by atoms with Gasteiger partial charge in [0.05, 0.1) is 50.7 Å². The topological polar surface area (TPSA) is 147 Å². The van der Waals surface area contributed by atoms with E-state index in [0.717, 1.165) is 40.2 Å². The van der Waals surface area contributed by atoms with Gasteiger partial charge in [-0.15, -0.1) is 0 Å². The van der Waals surface area contributed by atoms with Gasteiger partial charge in [-0.05, 0) is 90.3 Å². The maximum atomic E-state index is 12.2. The highest BCUT2D eigenvalue weighted by molar-refractivity contribution is 7.85. The molecule has 0 aliphatic carbocycles. The van der Waals surface area contributed by atoms with E-state index in [9.17, 15) is 30.7 Å². The molecule has 0 saturated heterocycles. The van der Waals surface area contributed by atoms with Crippen LogP contribution in [0.4, 0.5) is 11.4 Å². The number of hydrogen-bond donors (Lipinski definition) is 0. The van der Waals surface area contributed by atoms with Crippen LogP contribution in [0.5, 0.6) is 0 Å². The van der Waals surface area contributed by atoms with Gasteiger partial charge in [-0.2, -0.15) is 4.58 Å². The lowest BCUT2D eigenvalue weighted by molar-refractivity contribution is -0.929. The first-order valence-electron chi connectivity index (χ1n) is 23.9. The molecule has 2 aromatic carbocycles. The van der Waals surface area contributed by atoms with Crippen LogP contribution >= 0.6 is 0 Å². The monoisotopic (exact) mass is 928 g/mol. The molecule has 13 heteroatoms. The highest BCUT2D eigenvalue weighted by Crippen LogP contribution is 2.48. The van der Waals surface area contributed by atoms with E-state index in [1.807, 2.05) is 45.0 Å². The molecule has 0 atom stereocenters. The zero-order valence-corrected chi connectivity index (χ0v) is 42.6. The van der Waals surface area contributed by atoms with Crippen molar-refractivity contribution >= 4 is 43.3 Å². The van der Waals surface area contributed by atoms with Crippen LogP contribution < -0.4 is 4.90 Å². The van der Waals surface area contributed by atoms with Crippen LogP contribution in [0.2, 0.25) is 0 Å². The number of benzene rings is 2. The van der Waals surface area contributed by atoms with E-state index in [0.29, 0.717) is 45.4 Å². The van der Waals surface area contributed by atoms with Crippen molar-refractivity contribution in [3.63, 3.8) is 0 Å². The number of rotatable bonds is 26. The van der Waals surface area contributed by atoms with Gasteiger partial charge < -0.3 is 23.2 Å². The molecule has 0 unspecified atom stereocenters. The molecule has 0 aromatic heterocycles. The molecular weight excluding hydrogens is 847 g/mol. The third-order valence-corrected chi connectivity index (χ3v) is 14.9. The summed E-state index contributed by atoms with van der Waals surface area (Å²) in [5, 5.41) is 0. The number of quaternary nitrogens is 1. The van der Waals surface area contributed by atoms with Gasteiger partial charge in [0.15, 0.2) is 5.71 Å². The summed E-state index contributed by atoms with van der Waals surface area (Å²) in [5.41, 5.74) is 5.78. The standard InChI is InChI=1S/C31H40N2O6S2.C20H42NO2/c1-30(2)24-14-5-7-16-26(24)32(20-9-11-22-40(34,35)36)28(30)18-13-19-29-31(3,4)25-15-6-8-17-27(25)33(29)21-10-12-23-41(37,38)39;1-7-11-14-21(15-12-8-2,16-13-9-3)17-18-23-19(22)20(5,6)10-4/h5-8,13-19H,9-12,20-23H2,1-4H3,(H-,34,35,36,37,38,39);7-18H2,1-6H3/q;+1/p-1. The molecule has 0 saturated carbocycles. The number of unbranched alkanes of at least 4 members (excludes halogenated alkanes) is 5. The fourth-order valence-corrected chi connectivity index (χ4v) is 10.0. The Hall–Kier alpha value is -3.36. The maximum absolute atomic E-state index is 12.2. The first kappa shape index (κ1) is 55.0. The second-order valence-corrected chi connectivity index (χ2v) is 22.5. The van der Waals surface area contributed by atoms with Crippen molar-refractivity contribution in [2.45, 2.75) is 151 Å². The fourth-order valence-electron chi connectivity index (χ4n) is 8.91. The van der Waals surface area contributed by atoms with Crippen molar-refractivity contribution in [1.29, 1.82) is 0 Å². The summed E-state index contributed by atoms with van der Waals surface area (Å²) in [5.74, 6) is -0.773. The smallest absolute Gasteiger partial charge is 0.311 e. The molecule has 0 spiro atoms. The highest BCUT2D eigenvalue weighted by atomic mass is 32.2. The molecule has 0 N–H and O–H groups in total. The van der Waals surface area contributed by atoms with E-state index < -0.39 is 20.2 Å². The Kier molecular flexibility index (Phi) is 21.0.